The molecule has 6 heteroatoms. The Bertz CT molecular complexity index is 621. The first-order chi connectivity index (χ1) is 14.3. The van der Waals surface area contributed by atoms with Gasteiger partial charge >= 0.3 is 12.2 Å². The van der Waals surface area contributed by atoms with Crippen molar-refractivity contribution in [1.29, 1.82) is 0 Å². The second-order valence-electron chi connectivity index (χ2n) is 11.6. The third-order valence-corrected chi connectivity index (χ3v) is 6.14. The third-order valence-electron chi connectivity index (χ3n) is 6.14. The molecule has 2 amide bonds. The number of rotatable bonds is 2. The standard InChI is InChI=1S/C13H23NO2.C12H21NO2.2CH4/c1-12(2,3)16-11(15)14-10-4-6-13(7-5-10)8-9-13;1-9-5-7-10(8-6-9)13-11(14)15-12(2,3)4;;/h10H,4-9H2,1-3H3,(H,14,15);10H,1,5-8H2,2-4H3,(H,13,14);2*1H4. The maximum absolute atomic E-state index is 11.6. The molecule has 1 spiro atoms. The molecule has 0 saturated heterocycles. The zero-order valence-corrected chi connectivity index (χ0v) is 20.6. The Labute approximate surface area is 203 Å². The Morgan fingerprint density at radius 1 is 0.758 bits per heavy atom. The topological polar surface area (TPSA) is 76.7 Å². The fourth-order valence-electron chi connectivity index (χ4n) is 4.17. The smallest absolute Gasteiger partial charge is 0.407 e. The van der Waals surface area contributed by atoms with Gasteiger partial charge in [0, 0.05) is 12.1 Å². The van der Waals surface area contributed by atoms with E-state index >= 15 is 0 Å². The van der Waals surface area contributed by atoms with E-state index in [0.717, 1.165) is 38.5 Å². The lowest BCUT2D eigenvalue weighted by Crippen LogP contribution is -2.41. The minimum absolute atomic E-state index is 0. The SMILES string of the molecule is C.C.C=C1CCC(NC(=O)OC(C)(C)C)CC1.CC(C)(C)OC(=O)NC1CCC2(CC1)CC2. The molecule has 194 valence electrons. The molecule has 0 heterocycles. The predicted octanol–water partition coefficient (Wildman–Crippen LogP) is 7.52. The predicted molar refractivity (Wildman–Crippen MR) is 138 cm³/mol. The molecule has 3 fully saturated rings. The van der Waals surface area contributed by atoms with Crippen LogP contribution in [-0.2, 0) is 9.47 Å². The van der Waals surface area contributed by atoms with E-state index in [0.29, 0.717) is 11.5 Å². The first-order valence-electron chi connectivity index (χ1n) is 11.9. The average molecular weight is 469 g/mol. The van der Waals surface area contributed by atoms with Gasteiger partial charge in [-0.2, -0.15) is 0 Å². The quantitative estimate of drug-likeness (QED) is 0.411. The van der Waals surface area contributed by atoms with Crippen molar-refractivity contribution < 1.29 is 19.1 Å². The molecule has 0 aliphatic heterocycles. The summed E-state index contributed by atoms with van der Waals surface area (Å²) in [6, 6.07) is 0.589. The summed E-state index contributed by atoms with van der Waals surface area (Å²) in [6.07, 6.45) is 11.1. The van der Waals surface area contributed by atoms with Crippen molar-refractivity contribution in [3.63, 3.8) is 0 Å². The van der Waals surface area contributed by atoms with Gasteiger partial charge in [0.15, 0.2) is 0 Å². The normalized spacial score (nSPS) is 20.2. The molecule has 3 rings (SSSR count). The number of ether oxygens (including phenoxy) is 2. The summed E-state index contributed by atoms with van der Waals surface area (Å²) < 4.78 is 10.5. The van der Waals surface area contributed by atoms with Crippen molar-refractivity contribution in [3.05, 3.63) is 12.2 Å². The molecule has 0 aromatic rings. The van der Waals surface area contributed by atoms with E-state index in [1.54, 1.807) is 0 Å². The third kappa shape index (κ3) is 12.9. The fraction of sp³-hybridized carbons (Fsp3) is 0.852. The first kappa shape index (κ1) is 31.3. The molecule has 6 nitrogen and oxygen atoms in total. The van der Waals surface area contributed by atoms with Crippen molar-refractivity contribution in [2.24, 2.45) is 5.41 Å². The Morgan fingerprint density at radius 3 is 1.45 bits per heavy atom. The van der Waals surface area contributed by atoms with Crippen molar-refractivity contribution in [2.75, 3.05) is 0 Å². The van der Waals surface area contributed by atoms with E-state index in [9.17, 15) is 9.59 Å². The number of allylic oxidation sites excluding steroid dienone is 1. The number of carbonyl (C=O) groups is 2. The molecule has 3 aliphatic rings. The lowest BCUT2D eigenvalue weighted by Gasteiger charge is -2.30. The molecule has 0 bridgehead atoms. The van der Waals surface area contributed by atoms with Gasteiger partial charge in [-0.25, -0.2) is 9.59 Å². The van der Waals surface area contributed by atoms with E-state index in [1.807, 2.05) is 41.5 Å². The van der Waals surface area contributed by atoms with Crippen LogP contribution in [0.25, 0.3) is 0 Å². The van der Waals surface area contributed by atoms with Gasteiger partial charge in [0.2, 0.25) is 0 Å². The van der Waals surface area contributed by atoms with Gasteiger partial charge in [0.25, 0.3) is 0 Å². The van der Waals surface area contributed by atoms with Gasteiger partial charge in [-0.05, 0) is 111 Å². The Hall–Kier alpha value is -1.72. The second-order valence-corrected chi connectivity index (χ2v) is 11.6. The van der Waals surface area contributed by atoms with Gasteiger partial charge in [-0.15, -0.1) is 0 Å². The van der Waals surface area contributed by atoms with Gasteiger partial charge in [-0.3, -0.25) is 0 Å². The summed E-state index contributed by atoms with van der Waals surface area (Å²) in [5.74, 6) is 0. The van der Waals surface area contributed by atoms with Gasteiger partial charge in [0.1, 0.15) is 11.2 Å². The maximum Gasteiger partial charge on any atom is 0.407 e. The molecular weight excluding hydrogens is 416 g/mol. The number of amides is 2. The number of alkyl carbamates (subject to hydrolysis) is 2. The van der Waals surface area contributed by atoms with Crippen LogP contribution in [0.1, 0.15) is 121 Å². The molecule has 0 atom stereocenters. The summed E-state index contributed by atoms with van der Waals surface area (Å²) in [6.45, 7) is 15.2. The maximum atomic E-state index is 11.6. The van der Waals surface area contributed by atoms with E-state index in [2.05, 4.69) is 17.2 Å². The first-order valence-corrected chi connectivity index (χ1v) is 11.9. The van der Waals surface area contributed by atoms with Crippen LogP contribution >= 0.6 is 0 Å². The molecule has 2 N–H and O–H groups in total. The minimum atomic E-state index is -0.414. The van der Waals surface area contributed by atoms with Crippen molar-refractivity contribution in [2.45, 2.75) is 144 Å². The molecule has 0 unspecified atom stereocenters. The Morgan fingerprint density at radius 2 is 1.12 bits per heavy atom. The molecular formula is C27H52N2O4. The highest BCUT2D eigenvalue weighted by Crippen LogP contribution is 2.56. The molecule has 3 aliphatic carbocycles. The fourth-order valence-corrected chi connectivity index (χ4v) is 4.17. The van der Waals surface area contributed by atoms with Crippen molar-refractivity contribution >= 4 is 12.2 Å². The van der Waals surface area contributed by atoms with Gasteiger partial charge in [-0.1, -0.05) is 27.0 Å². The van der Waals surface area contributed by atoms with Crippen molar-refractivity contribution in [1.82, 2.24) is 10.6 Å². The summed E-state index contributed by atoms with van der Waals surface area (Å²) >= 11 is 0. The average Bonchev–Trinajstić information content (AvgIpc) is 3.36. The number of nitrogens with one attached hydrogen (secondary N) is 2. The zero-order valence-electron chi connectivity index (χ0n) is 20.6. The highest BCUT2D eigenvalue weighted by atomic mass is 16.6. The van der Waals surface area contributed by atoms with Crippen LogP contribution in [-0.4, -0.2) is 35.5 Å². The number of hydrogen-bond donors (Lipinski definition) is 2. The minimum Gasteiger partial charge on any atom is -0.444 e. The monoisotopic (exact) mass is 468 g/mol. The summed E-state index contributed by atoms with van der Waals surface area (Å²) in [7, 11) is 0. The Balaban J connectivity index is 0.000000587. The molecule has 3 saturated carbocycles. The largest absolute Gasteiger partial charge is 0.444 e. The van der Waals surface area contributed by atoms with Crippen LogP contribution < -0.4 is 10.6 Å². The van der Waals surface area contributed by atoms with E-state index < -0.39 is 11.2 Å². The summed E-state index contributed by atoms with van der Waals surface area (Å²) in [5, 5.41) is 5.87. The zero-order chi connectivity index (χ0) is 23.3. The van der Waals surface area contributed by atoms with Crippen LogP contribution in [0.15, 0.2) is 12.2 Å². The lowest BCUT2D eigenvalue weighted by atomic mass is 9.83. The van der Waals surface area contributed by atoms with E-state index in [4.69, 9.17) is 9.47 Å². The van der Waals surface area contributed by atoms with Crippen LogP contribution in [0.4, 0.5) is 9.59 Å². The van der Waals surface area contributed by atoms with Gasteiger partial charge < -0.3 is 20.1 Å². The van der Waals surface area contributed by atoms with Crippen LogP contribution in [0.5, 0.6) is 0 Å². The Kier molecular flexibility index (Phi) is 12.0. The summed E-state index contributed by atoms with van der Waals surface area (Å²) in [4.78, 5) is 23.0. The van der Waals surface area contributed by atoms with Crippen LogP contribution in [0, 0.1) is 5.41 Å². The highest BCUT2D eigenvalue weighted by Gasteiger charge is 2.45. The second kappa shape index (κ2) is 12.7. The van der Waals surface area contributed by atoms with Gasteiger partial charge in [0.05, 0.1) is 0 Å². The van der Waals surface area contributed by atoms with Crippen molar-refractivity contribution in [3.8, 4) is 0 Å². The van der Waals surface area contributed by atoms with E-state index in [1.165, 1.54) is 31.3 Å². The van der Waals surface area contributed by atoms with Crippen LogP contribution in [0.2, 0.25) is 0 Å². The number of hydrogen-bond acceptors (Lipinski definition) is 4. The molecule has 0 aromatic heterocycles. The highest BCUT2D eigenvalue weighted by molar-refractivity contribution is 5.68. The molecule has 33 heavy (non-hydrogen) atoms. The molecule has 0 radical (unpaired) electrons. The van der Waals surface area contributed by atoms with Crippen LogP contribution in [0.3, 0.4) is 0 Å². The molecule has 0 aromatic carbocycles. The number of carbonyl (C=O) groups excluding carboxylic acids is 2. The lowest BCUT2D eigenvalue weighted by molar-refractivity contribution is 0.0477. The summed E-state index contributed by atoms with van der Waals surface area (Å²) in [5.41, 5.74) is 1.17. The van der Waals surface area contributed by atoms with E-state index in [-0.39, 0.29) is 33.1 Å².